The predicted molar refractivity (Wildman–Crippen MR) is 64.3 cm³/mol. The van der Waals surface area contributed by atoms with Gasteiger partial charge in [0.15, 0.2) is 0 Å². The molecule has 1 aromatic rings. The molecule has 1 atom stereocenters. The van der Waals surface area contributed by atoms with Gasteiger partial charge >= 0.3 is 0 Å². The Balaban J connectivity index is 2.36. The number of amides is 1. The maximum Gasteiger partial charge on any atom is 0.236 e. The summed E-state index contributed by atoms with van der Waals surface area (Å²) in [5.41, 5.74) is 0.995. The third-order valence-corrected chi connectivity index (χ3v) is 2.37. The number of aliphatic hydroxyl groups excluding tert-OH is 1. The van der Waals surface area contributed by atoms with Crippen molar-refractivity contribution >= 4 is 5.91 Å². The lowest BCUT2D eigenvalue weighted by Crippen LogP contribution is -2.41. The van der Waals surface area contributed by atoms with E-state index < -0.39 is 0 Å². The number of nitrogens with one attached hydrogen (secondary N) is 2. The van der Waals surface area contributed by atoms with E-state index in [0.717, 1.165) is 5.56 Å². The normalized spacial score (nSPS) is 12.4. The molecule has 1 unspecified atom stereocenters. The molecule has 6 nitrogen and oxygen atoms in total. The Morgan fingerprint density at radius 1 is 1.65 bits per heavy atom. The highest BCUT2D eigenvalue weighted by molar-refractivity contribution is 5.81. The molecule has 0 saturated heterocycles. The van der Waals surface area contributed by atoms with Gasteiger partial charge < -0.3 is 15.7 Å². The van der Waals surface area contributed by atoms with Crippen LogP contribution in [0.5, 0.6) is 0 Å². The number of nitrogens with zero attached hydrogens (tertiary/aromatic N) is 2. The Morgan fingerprint density at radius 3 is 3.06 bits per heavy atom. The van der Waals surface area contributed by atoms with Gasteiger partial charge in [0.25, 0.3) is 0 Å². The van der Waals surface area contributed by atoms with Crippen LogP contribution in [0, 0.1) is 0 Å². The first kappa shape index (κ1) is 13.7. The topological polar surface area (TPSA) is 79.2 Å². The first-order chi connectivity index (χ1) is 8.17. The Labute approximate surface area is 101 Å². The molecule has 0 fully saturated rings. The van der Waals surface area contributed by atoms with Crippen LogP contribution in [0.4, 0.5) is 0 Å². The zero-order valence-corrected chi connectivity index (χ0v) is 10.3. The molecule has 0 spiro atoms. The van der Waals surface area contributed by atoms with Crippen LogP contribution in [0.1, 0.15) is 19.4 Å². The molecule has 1 heterocycles. The fourth-order valence-electron chi connectivity index (χ4n) is 1.41. The van der Waals surface area contributed by atoms with E-state index in [9.17, 15) is 4.79 Å². The molecule has 0 bridgehead atoms. The summed E-state index contributed by atoms with van der Waals surface area (Å²) in [5.74, 6) is -0.00440. The van der Waals surface area contributed by atoms with E-state index in [2.05, 4.69) is 15.7 Å². The lowest BCUT2D eigenvalue weighted by Gasteiger charge is -2.12. The molecule has 0 aliphatic rings. The summed E-state index contributed by atoms with van der Waals surface area (Å²) < 4.78 is 1.67. The molecule has 6 heteroatoms. The van der Waals surface area contributed by atoms with Crippen molar-refractivity contribution < 1.29 is 9.90 Å². The molecule has 0 aliphatic heterocycles. The molecule has 1 amide bonds. The minimum atomic E-state index is -0.226. The highest BCUT2D eigenvalue weighted by Crippen LogP contribution is 1.98. The number of carbonyl (C=O) groups excluding carboxylic acids is 1. The molecular weight excluding hydrogens is 220 g/mol. The third-order valence-electron chi connectivity index (χ3n) is 2.37. The fourth-order valence-corrected chi connectivity index (χ4v) is 1.41. The lowest BCUT2D eigenvalue weighted by molar-refractivity contribution is -0.122. The van der Waals surface area contributed by atoms with E-state index in [1.165, 1.54) is 0 Å². The Kier molecular flexibility index (Phi) is 5.65. The number of aromatic nitrogens is 2. The highest BCUT2D eigenvalue weighted by atomic mass is 16.3. The lowest BCUT2D eigenvalue weighted by atomic mass is 10.3. The smallest absolute Gasteiger partial charge is 0.236 e. The van der Waals surface area contributed by atoms with Gasteiger partial charge in [0.05, 0.1) is 25.4 Å². The van der Waals surface area contributed by atoms with Gasteiger partial charge in [-0.15, -0.1) is 0 Å². The molecule has 0 aromatic carbocycles. The zero-order valence-electron chi connectivity index (χ0n) is 10.3. The van der Waals surface area contributed by atoms with Crippen molar-refractivity contribution in [2.75, 3.05) is 13.2 Å². The molecule has 1 rings (SSSR count). The van der Waals surface area contributed by atoms with E-state index in [1.807, 2.05) is 20.0 Å². The number of hydrogen-bond donors (Lipinski definition) is 3. The minimum absolute atomic E-state index is 0.00440. The van der Waals surface area contributed by atoms with Crippen molar-refractivity contribution in [3.05, 3.63) is 18.0 Å². The van der Waals surface area contributed by atoms with E-state index in [4.69, 9.17) is 5.11 Å². The van der Waals surface area contributed by atoms with Gasteiger partial charge in [0, 0.05) is 24.8 Å². The maximum atomic E-state index is 11.4. The van der Waals surface area contributed by atoms with Gasteiger partial charge in [-0.3, -0.25) is 9.48 Å². The molecule has 96 valence electrons. The zero-order chi connectivity index (χ0) is 12.7. The average molecular weight is 240 g/mol. The number of rotatable bonds is 7. The van der Waals surface area contributed by atoms with Crippen molar-refractivity contribution in [2.45, 2.75) is 33.0 Å². The van der Waals surface area contributed by atoms with Crippen LogP contribution in [-0.4, -0.2) is 40.0 Å². The van der Waals surface area contributed by atoms with Gasteiger partial charge in [0.2, 0.25) is 5.91 Å². The minimum Gasteiger partial charge on any atom is -0.394 e. The van der Waals surface area contributed by atoms with Crippen molar-refractivity contribution in [1.82, 2.24) is 20.4 Å². The molecule has 17 heavy (non-hydrogen) atoms. The van der Waals surface area contributed by atoms with Gasteiger partial charge in [0.1, 0.15) is 0 Å². The predicted octanol–water partition coefficient (Wildman–Crippen LogP) is -0.510. The summed E-state index contributed by atoms with van der Waals surface area (Å²) in [5, 5.41) is 18.7. The fraction of sp³-hybridized carbons (Fsp3) is 0.636. The van der Waals surface area contributed by atoms with Crippen LogP contribution in [-0.2, 0) is 17.9 Å². The Hall–Kier alpha value is -1.40. The number of carbonyl (C=O) groups is 1. The number of likely N-dealkylation sites (N-methyl/N-ethyl adjacent to an activating group) is 1. The largest absolute Gasteiger partial charge is 0.394 e. The summed E-state index contributed by atoms with van der Waals surface area (Å²) >= 11 is 0. The second-order valence-corrected chi connectivity index (χ2v) is 3.83. The molecule has 3 N–H and O–H groups in total. The van der Waals surface area contributed by atoms with Gasteiger partial charge in [-0.1, -0.05) is 0 Å². The van der Waals surface area contributed by atoms with Crippen LogP contribution in [0.2, 0.25) is 0 Å². The average Bonchev–Trinajstić information content (AvgIpc) is 2.74. The number of hydrogen-bond acceptors (Lipinski definition) is 4. The molecule has 0 radical (unpaired) electrons. The van der Waals surface area contributed by atoms with Crippen molar-refractivity contribution in [3.8, 4) is 0 Å². The first-order valence-corrected chi connectivity index (χ1v) is 5.80. The summed E-state index contributed by atoms with van der Waals surface area (Å²) in [6, 6.07) is -0.226. The van der Waals surface area contributed by atoms with Gasteiger partial charge in [-0.25, -0.2) is 0 Å². The second kappa shape index (κ2) is 7.03. The SMILES string of the molecule is CCNC(=O)C(C)NCc1cnn(CCO)c1. The van der Waals surface area contributed by atoms with E-state index >= 15 is 0 Å². The Bertz CT molecular complexity index is 351. The van der Waals surface area contributed by atoms with Crippen molar-refractivity contribution in [3.63, 3.8) is 0 Å². The maximum absolute atomic E-state index is 11.4. The highest BCUT2D eigenvalue weighted by Gasteiger charge is 2.10. The summed E-state index contributed by atoms with van der Waals surface area (Å²) in [6.07, 6.45) is 3.58. The first-order valence-electron chi connectivity index (χ1n) is 5.80. The van der Waals surface area contributed by atoms with E-state index in [-0.39, 0.29) is 18.6 Å². The van der Waals surface area contributed by atoms with Crippen LogP contribution in [0.15, 0.2) is 12.4 Å². The standard InChI is InChI=1S/C11H20N4O2/c1-3-12-11(17)9(2)13-6-10-7-14-15(8-10)4-5-16/h7-9,13,16H,3-6H2,1-2H3,(H,12,17). The van der Waals surface area contributed by atoms with Crippen LogP contribution >= 0.6 is 0 Å². The van der Waals surface area contributed by atoms with Crippen molar-refractivity contribution in [1.29, 1.82) is 0 Å². The summed E-state index contributed by atoms with van der Waals surface area (Å²) in [4.78, 5) is 11.4. The Morgan fingerprint density at radius 2 is 2.41 bits per heavy atom. The van der Waals surface area contributed by atoms with Crippen LogP contribution in [0.3, 0.4) is 0 Å². The molecule has 0 saturated carbocycles. The van der Waals surface area contributed by atoms with Gasteiger partial charge in [-0.2, -0.15) is 5.10 Å². The van der Waals surface area contributed by atoms with Crippen LogP contribution < -0.4 is 10.6 Å². The van der Waals surface area contributed by atoms with E-state index in [1.54, 1.807) is 10.9 Å². The van der Waals surface area contributed by atoms with E-state index in [0.29, 0.717) is 19.6 Å². The number of aliphatic hydroxyl groups is 1. The van der Waals surface area contributed by atoms with Gasteiger partial charge in [-0.05, 0) is 13.8 Å². The van der Waals surface area contributed by atoms with Crippen LogP contribution in [0.25, 0.3) is 0 Å². The second-order valence-electron chi connectivity index (χ2n) is 3.83. The molecular formula is C11H20N4O2. The quantitative estimate of drug-likeness (QED) is 0.600. The summed E-state index contributed by atoms with van der Waals surface area (Å²) in [7, 11) is 0. The van der Waals surface area contributed by atoms with Crippen molar-refractivity contribution in [2.24, 2.45) is 0 Å². The third kappa shape index (κ3) is 4.54. The monoisotopic (exact) mass is 240 g/mol. The molecule has 0 aliphatic carbocycles. The summed E-state index contributed by atoms with van der Waals surface area (Å²) in [6.45, 7) is 5.51. The molecule has 1 aromatic heterocycles.